The maximum Gasteiger partial charge on any atom is 0.171 e. The predicted molar refractivity (Wildman–Crippen MR) is 70.6 cm³/mol. The highest BCUT2D eigenvalue weighted by Gasteiger charge is 2.15. The quantitative estimate of drug-likeness (QED) is 0.661. The van der Waals surface area contributed by atoms with Gasteiger partial charge in [-0.2, -0.15) is 0 Å². The summed E-state index contributed by atoms with van der Waals surface area (Å²) in [5.74, 6) is -0.501. The molecule has 2 aromatic carbocycles. The van der Waals surface area contributed by atoms with Crippen LogP contribution in [0.25, 0.3) is 11.0 Å². The minimum atomic E-state index is -0.358. The first kappa shape index (κ1) is 11.7. The monoisotopic (exact) mass is 254 g/mol. The van der Waals surface area contributed by atoms with Crippen LogP contribution < -0.4 is 0 Å². The molecule has 94 valence electrons. The smallest absolute Gasteiger partial charge is 0.171 e. The Balaban J connectivity index is 1.95. The Morgan fingerprint density at radius 2 is 1.79 bits per heavy atom. The summed E-state index contributed by atoms with van der Waals surface area (Å²) in [5, 5.41) is 0.767. The topological polar surface area (TPSA) is 30.2 Å². The normalized spacial score (nSPS) is 10.8. The van der Waals surface area contributed by atoms with E-state index >= 15 is 0 Å². The number of furan rings is 1. The third-order valence-corrected chi connectivity index (χ3v) is 3.09. The van der Waals surface area contributed by atoms with Crippen molar-refractivity contribution in [2.24, 2.45) is 0 Å². The van der Waals surface area contributed by atoms with Crippen molar-refractivity contribution < 1.29 is 13.6 Å². The molecule has 0 N–H and O–H groups in total. The van der Waals surface area contributed by atoms with Crippen LogP contribution >= 0.6 is 0 Å². The second-order valence-corrected chi connectivity index (χ2v) is 4.34. The molecule has 1 heterocycles. The van der Waals surface area contributed by atoms with E-state index in [-0.39, 0.29) is 18.0 Å². The van der Waals surface area contributed by atoms with Crippen LogP contribution in [0.5, 0.6) is 0 Å². The average Bonchev–Trinajstić information content (AvgIpc) is 2.85. The Bertz CT molecular complexity index is 743. The predicted octanol–water partition coefficient (Wildman–Crippen LogP) is 4.00. The van der Waals surface area contributed by atoms with Gasteiger partial charge in [-0.15, -0.1) is 0 Å². The van der Waals surface area contributed by atoms with Gasteiger partial charge >= 0.3 is 0 Å². The van der Waals surface area contributed by atoms with Crippen LogP contribution in [0.4, 0.5) is 4.39 Å². The zero-order valence-electron chi connectivity index (χ0n) is 10.1. The molecule has 0 fully saturated rings. The highest BCUT2D eigenvalue weighted by atomic mass is 19.1. The lowest BCUT2D eigenvalue weighted by Crippen LogP contribution is -2.04. The minimum absolute atomic E-state index is 0.0379. The number of hydrogen-bond acceptors (Lipinski definition) is 2. The summed E-state index contributed by atoms with van der Waals surface area (Å²) in [7, 11) is 0. The number of halogens is 1. The first-order chi connectivity index (χ1) is 9.25. The highest BCUT2D eigenvalue weighted by molar-refractivity contribution is 6.07. The molecule has 0 spiro atoms. The van der Waals surface area contributed by atoms with Crippen LogP contribution in [0.1, 0.15) is 15.9 Å². The summed E-state index contributed by atoms with van der Waals surface area (Å²) in [6, 6.07) is 13.6. The summed E-state index contributed by atoms with van der Waals surface area (Å²) < 4.78 is 18.9. The zero-order chi connectivity index (χ0) is 13.2. The lowest BCUT2D eigenvalue weighted by Gasteiger charge is -2.01. The summed E-state index contributed by atoms with van der Waals surface area (Å²) in [6.45, 7) is 0. The largest absolute Gasteiger partial charge is 0.464 e. The molecule has 3 rings (SSSR count). The number of rotatable bonds is 3. The van der Waals surface area contributed by atoms with Crippen LogP contribution in [0.3, 0.4) is 0 Å². The van der Waals surface area contributed by atoms with Crippen LogP contribution in [0.15, 0.2) is 59.2 Å². The van der Waals surface area contributed by atoms with Crippen molar-refractivity contribution in [2.75, 3.05) is 0 Å². The van der Waals surface area contributed by atoms with Crippen LogP contribution in [0.2, 0.25) is 0 Å². The summed E-state index contributed by atoms with van der Waals surface area (Å²) >= 11 is 0. The molecule has 0 radical (unpaired) electrons. The van der Waals surface area contributed by atoms with Crippen molar-refractivity contribution in [1.29, 1.82) is 0 Å². The standard InChI is InChI=1S/C16H11FO2/c17-14-7-3-1-5-11(14)9-15(18)13-10-19-16-8-4-2-6-12(13)16/h1-8,10H,9H2. The minimum Gasteiger partial charge on any atom is -0.464 e. The molecule has 0 saturated carbocycles. The lowest BCUT2D eigenvalue weighted by molar-refractivity contribution is 0.0992. The number of carbonyl (C=O) groups is 1. The van der Waals surface area contributed by atoms with Gasteiger partial charge in [0.25, 0.3) is 0 Å². The highest BCUT2D eigenvalue weighted by Crippen LogP contribution is 2.22. The molecule has 3 heteroatoms. The van der Waals surface area contributed by atoms with Gasteiger partial charge < -0.3 is 4.42 Å². The molecule has 0 aliphatic carbocycles. The molecule has 0 unspecified atom stereocenters. The van der Waals surface area contributed by atoms with Gasteiger partial charge in [0.2, 0.25) is 0 Å². The first-order valence-corrected chi connectivity index (χ1v) is 5.98. The Labute approximate surface area is 109 Å². The van der Waals surface area contributed by atoms with Gasteiger partial charge in [-0.1, -0.05) is 36.4 Å². The molecule has 0 amide bonds. The number of ketones is 1. The Hall–Kier alpha value is -2.42. The second kappa shape index (κ2) is 4.69. The van der Waals surface area contributed by atoms with Crippen molar-refractivity contribution in [3.8, 4) is 0 Å². The third-order valence-electron chi connectivity index (χ3n) is 3.09. The lowest BCUT2D eigenvalue weighted by atomic mass is 10.0. The molecule has 2 nitrogen and oxygen atoms in total. The summed E-state index contributed by atoms with van der Waals surface area (Å²) in [5.41, 5.74) is 1.57. The zero-order valence-corrected chi connectivity index (χ0v) is 10.1. The summed E-state index contributed by atoms with van der Waals surface area (Å²) in [6.07, 6.45) is 1.48. The molecule has 0 saturated heterocycles. The molecule has 1 aromatic heterocycles. The molecular formula is C16H11FO2. The second-order valence-electron chi connectivity index (χ2n) is 4.34. The van der Waals surface area contributed by atoms with Gasteiger partial charge in [-0.25, -0.2) is 4.39 Å². The van der Waals surface area contributed by atoms with Crippen molar-refractivity contribution in [3.63, 3.8) is 0 Å². The van der Waals surface area contributed by atoms with Gasteiger partial charge in [-0.3, -0.25) is 4.79 Å². The van der Waals surface area contributed by atoms with Crippen LogP contribution in [-0.4, -0.2) is 5.78 Å². The van der Waals surface area contributed by atoms with E-state index in [1.54, 1.807) is 24.3 Å². The van der Waals surface area contributed by atoms with E-state index in [0.717, 1.165) is 5.39 Å². The Morgan fingerprint density at radius 3 is 2.63 bits per heavy atom. The van der Waals surface area contributed by atoms with E-state index in [1.807, 2.05) is 18.2 Å². The van der Waals surface area contributed by atoms with Crippen LogP contribution in [0, 0.1) is 5.82 Å². The van der Waals surface area contributed by atoms with Gasteiger partial charge in [0.15, 0.2) is 5.78 Å². The van der Waals surface area contributed by atoms with E-state index in [1.165, 1.54) is 12.3 Å². The van der Waals surface area contributed by atoms with Gasteiger partial charge in [0.1, 0.15) is 17.7 Å². The molecular weight excluding hydrogens is 243 g/mol. The number of hydrogen-bond donors (Lipinski definition) is 0. The van der Waals surface area contributed by atoms with Crippen LogP contribution in [-0.2, 0) is 6.42 Å². The molecule has 0 aliphatic rings. The van der Waals surface area contributed by atoms with E-state index < -0.39 is 0 Å². The van der Waals surface area contributed by atoms with Crippen molar-refractivity contribution in [1.82, 2.24) is 0 Å². The fourth-order valence-corrected chi connectivity index (χ4v) is 2.10. The maximum atomic E-state index is 13.5. The summed E-state index contributed by atoms with van der Waals surface area (Å²) in [4.78, 5) is 12.2. The van der Waals surface area contributed by atoms with Gasteiger partial charge in [0.05, 0.1) is 5.56 Å². The third kappa shape index (κ3) is 2.15. The fourth-order valence-electron chi connectivity index (χ4n) is 2.10. The molecule has 0 aliphatic heterocycles. The molecule has 0 bridgehead atoms. The number of para-hydroxylation sites is 1. The number of carbonyl (C=O) groups excluding carboxylic acids is 1. The number of benzene rings is 2. The molecule has 0 atom stereocenters. The van der Waals surface area contributed by atoms with Crippen molar-refractivity contribution in [2.45, 2.75) is 6.42 Å². The molecule has 19 heavy (non-hydrogen) atoms. The van der Waals surface area contributed by atoms with Crippen molar-refractivity contribution >= 4 is 16.8 Å². The van der Waals surface area contributed by atoms with Crippen molar-refractivity contribution in [3.05, 3.63) is 71.7 Å². The fraction of sp³-hybridized carbons (Fsp3) is 0.0625. The average molecular weight is 254 g/mol. The maximum absolute atomic E-state index is 13.5. The van der Waals surface area contributed by atoms with E-state index in [4.69, 9.17) is 4.42 Å². The van der Waals surface area contributed by atoms with Gasteiger partial charge in [0, 0.05) is 11.8 Å². The van der Waals surface area contributed by atoms with E-state index in [2.05, 4.69) is 0 Å². The first-order valence-electron chi connectivity index (χ1n) is 5.98. The SMILES string of the molecule is O=C(Cc1ccccc1F)c1coc2ccccc12. The number of fused-ring (bicyclic) bond motifs is 1. The van der Waals surface area contributed by atoms with E-state index in [0.29, 0.717) is 16.7 Å². The van der Waals surface area contributed by atoms with Gasteiger partial charge in [-0.05, 0) is 17.7 Å². The molecule has 3 aromatic rings. The Kier molecular flexibility index (Phi) is 2.88. The number of Topliss-reactive ketones (excluding diaryl/α,β-unsaturated/α-hetero) is 1. The Morgan fingerprint density at radius 1 is 1.05 bits per heavy atom. The van der Waals surface area contributed by atoms with E-state index in [9.17, 15) is 9.18 Å².